The number of hydrogen-bond acceptors (Lipinski definition) is 8. The van der Waals surface area contributed by atoms with Gasteiger partial charge in [0.2, 0.25) is 0 Å². The average molecular weight is 476 g/mol. The number of carboxylic acid groups (broad SMARTS) is 1. The molecule has 0 aromatic rings. The first-order valence-electron chi connectivity index (χ1n) is 10.7. The van der Waals surface area contributed by atoms with Crippen LogP contribution < -0.4 is 0 Å². The highest BCUT2D eigenvalue weighted by atomic mass is 31.3. The minimum Gasteiger partial charge on any atom is -0.479 e. The molecule has 2 N–H and O–H groups in total. The predicted molar refractivity (Wildman–Crippen MR) is 112 cm³/mol. The number of rotatable bonds is 22. The van der Waals surface area contributed by atoms with Gasteiger partial charge < -0.3 is 10.00 Å². The second kappa shape index (κ2) is 18.3. The van der Waals surface area contributed by atoms with Gasteiger partial charge in [0.05, 0.1) is 13.2 Å². The van der Waals surface area contributed by atoms with Crippen LogP contribution in [0.25, 0.3) is 0 Å². The fourth-order valence-corrected chi connectivity index (χ4v) is 4.91. The standard InChI is InChI=1S/C18H38O10P2/c1-3-5-7-9-11-13-15-25-29(21,22)28-30(23,27-24-17-18(19)20)26-16-14-12-10-8-6-4-2/h3-17H2,1-2H3,(H,19,20)(H,21,22). The van der Waals surface area contributed by atoms with Gasteiger partial charge in [-0.15, -0.1) is 4.67 Å². The van der Waals surface area contributed by atoms with Crippen LogP contribution in [-0.2, 0) is 36.8 Å². The summed E-state index contributed by atoms with van der Waals surface area (Å²) in [7, 11) is -9.40. The molecule has 2 atom stereocenters. The number of unbranched alkanes of at least 4 members (excludes halogenated alkanes) is 10. The third kappa shape index (κ3) is 18.5. The maximum Gasteiger partial charge on any atom is 0.511 e. The van der Waals surface area contributed by atoms with Crippen molar-refractivity contribution in [3.8, 4) is 0 Å². The van der Waals surface area contributed by atoms with Crippen molar-refractivity contribution in [2.24, 2.45) is 0 Å². The third-order valence-corrected chi connectivity index (χ3v) is 6.95. The first-order chi connectivity index (χ1) is 14.2. The first-order valence-corrected chi connectivity index (χ1v) is 13.7. The molecule has 12 heteroatoms. The molecule has 0 heterocycles. The van der Waals surface area contributed by atoms with Gasteiger partial charge in [-0.2, -0.15) is 4.31 Å². The van der Waals surface area contributed by atoms with E-state index >= 15 is 0 Å². The van der Waals surface area contributed by atoms with Crippen LogP contribution in [0.3, 0.4) is 0 Å². The number of phosphoric ester groups is 1. The summed E-state index contributed by atoms with van der Waals surface area (Å²) in [6.45, 7) is 3.14. The van der Waals surface area contributed by atoms with Crippen LogP contribution in [0.1, 0.15) is 90.9 Å². The third-order valence-electron chi connectivity index (χ3n) is 4.03. The van der Waals surface area contributed by atoms with Crippen molar-refractivity contribution < 1.29 is 46.8 Å². The van der Waals surface area contributed by atoms with Crippen LogP contribution in [0.5, 0.6) is 0 Å². The van der Waals surface area contributed by atoms with Crippen molar-refractivity contribution in [3.05, 3.63) is 0 Å². The molecule has 0 bridgehead atoms. The molecule has 0 saturated heterocycles. The Balaban J connectivity index is 4.44. The Labute approximate surface area is 179 Å². The highest BCUT2D eigenvalue weighted by Gasteiger charge is 2.39. The average Bonchev–Trinajstić information content (AvgIpc) is 2.66. The van der Waals surface area contributed by atoms with Gasteiger partial charge in [0.25, 0.3) is 0 Å². The van der Waals surface area contributed by atoms with Gasteiger partial charge in [-0.25, -0.2) is 18.8 Å². The normalized spacial score (nSPS) is 15.6. The lowest BCUT2D eigenvalue weighted by Gasteiger charge is -2.19. The van der Waals surface area contributed by atoms with Crippen LogP contribution >= 0.6 is 15.6 Å². The van der Waals surface area contributed by atoms with Crippen molar-refractivity contribution in [1.29, 1.82) is 0 Å². The molecular weight excluding hydrogens is 438 g/mol. The fraction of sp³-hybridized carbons (Fsp3) is 0.944. The number of carboxylic acids is 1. The molecule has 0 aromatic carbocycles. The molecule has 2 unspecified atom stereocenters. The molecule has 0 aliphatic rings. The van der Waals surface area contributed by atoms with E-state index in [-0.39, 0.29) is 13.2 Å². The molecule has 0 aromatic heterocycles. The minimum absolute atomic E-state index is 0.0622. The summed E-state index contributed by atoms with van der Waals surface area (Å²) in [6, 6.07) is 0. The molecule has 0 aliphatic carbocycles. The van der Waals surface area contributed by atoms with E-state index in [0.717, 1.165) is 64.2 Å². The second-order valence-corrected chi connectivity index (χ2v) is 10.1. The number of aliphatic carboxylic acids is 1. The second-order valence-electron chi connectivity index (χ2n) is 6.93. The van der Waals surface area contributed by atoms with Gasteiger partial charge >= 0.3 is 21.6 Å². The lowest BCUT2D eigenvalue weighted by molar-refractivity contribution is -0.227. The Morgan fingerprint density at radius 1 is 0.767 bits per heavy atom. The minimum atomic E-state index is -4.75. The van der Waals surface area contributed by atoms with Crippen LogP contribution in [0.15, 0.2) is 0 Å². The van der Waals surface area contributed by atoms with Crippen molar-refractivity contribution in [1.82, 2.24) is 0 Å². The van der Waals surface area contributed by atoms with Gasteiger partial charge in [0, 0.05) is 0 Å². The van der Waals surface area contributed by atoms with E-state index in [9.17, 15) is 18.8 Å². The highest BCUT2D eigenvalue weighted by Crippen LogP contribution is 2.63. The maximum atomic E-state index is 12.6. The van der Waals surface area contributed by atoms with Crippen LogP contribution in [0.4, 0.5) is 0 Å². The Morgan fingerprint density at radius 3 is 1.73 bits per heavy atom. The molecule has 0 amide bonds. The summed E-state index contributed by atoms with van der Waals surface area (Å²) in [6.07, 6.45) is 11.3. The molecule has 0 radical (unpaired) electrons. The summed E-state index contributed by atoms with van der Waals surface area (Å²) < 4.78 is 43.4. The SMILES string of the molecule is CCCCCCCCOP(=O)(O)OP(=O)(OCCCCCCCC)OOCC(=O)O. The number of carbonyl (C=O) groups is 1. The quantitative estimate of drug-likeness (QED) is 0.0828. The van der Waals surface area contributed by atoms with Gasteiger partial charge in [0.15, 0.2) is 6.61 Å². The van der Waals surface area contributed by atoms with E-state index in [1.807, 2.05) is 0 Å². The Kier molecular flexibility index (Phi) is 18.1. The highest BCUT2D eigenvalue weighted by molar-refractivity contribution is 7.61. The van der Waals surface area contributed by atoms with E-state index in [1.165, 1.54) is 0 Å². The molecule has 0 saturated carbocycles. The van der Waals surface area contributed by atoms with E-state index in [2.05, 4.69) is 27.7 Å². The Morgan fingerprint density at radius 2 is 1.23 bits per heavy atom. The molecule has 30 heavy (non-hydrogen) atoms. The van der Waals surface area contributed by atoms with Gasteiger partial charge in [-0.3, -0.25) is 9.05 Å². The van der Waals surface area contributed by atoms with Gasteiger partial charge in [-0.1, -0.05) is 78.1 Å². The zero-order valence-corrected chi connectivity index (χ0v) is 20.0. The monoisotopic (exact) mass is 476 g/mol. The lowest BCUT2D eigenvalue weighted by Crippen LogP contribution is -2.09. The van der Waals surface area contributed by atoms with Crippen LogP contribution in [0.2, 0.25) is 0 Å². The zero-order valence-electron chi connectivity index (χ0n) is 18.2. The lowest BCUT2D eigenvalue weighted by atomic mass is 10.1. The molecule has 180 valence electrons. The van der Waals surface area contributed by atoms with E-state index in [1.54, 1.807) is 0 Å². The molecule has 0 aliphatic heterocycles. The van der Waals surface area contributed by atoms with Crippen molar-refractivity contribution in [3.63, 3.8) is 0 Å². The molecule has 0 fully saturated rings. The first kappa shape index (κ1) is 29.7. The summed E-state index contributed by atoms with van der Waals surface area (Å²) in [5.41, 5.74) is 0. The zero-order chi connectivity index (χ0) is 22.7. The van der Waals surface area contributed by atoms with Gasteiger partial charge in [-0.05, 0) is 12.8 Å². The van der Waals surface area contributed by atoms with E-state index < -0.39 is 28.2 Å². The summed E-state index contributed by atoms with van der Waals surface area (Å²) >= 11 is 0. The summed E-state index contributed by atoms with van der Waals surface area (Å²) in [5.74, 6) is -1.39. The van der Waals surface area contributed by atoms with Crippen molar-refractivity contribution >= 4 is 21.6 Å². The smallest absolute Gasteiger partial charge is 0.479 e. The Hall–Kier alpha value is -0.310. The number of phosphoric acid groups is 2. The van der Waals surface area contributed by atoms with E-state index in [0.29, 0.717) is 12.8 Å². The Bertz CT molecular complexity index is 529. The molecule has 0 spiro atoms. The largest absolute Gasteiger partial charge is 0.511 e. The fourth-order valence-electron chi connectivity index (χ4n) is 2.47. The predicted octanol–water partition coefficient (Wildman–Crippen LogP) is 6.00. The van der Waals surface area contributed by atoms with Crippen LogP contribution in [0, 0.1) is 0 Å². The number of hydrogen-bond donors (Lipinski definition) is 2. The molecule has 10 nitrogen and oxygen atoms in total. The topological polar surface area (TPSA) is 138 Å². The molecular formula is C18H38O10P2. The maximum absolute atomic E-state index is 12.6. The van der Waals surface area contributed by atoms with Crippen molar-refractivity contribution in [2.75, 3.05) is 19.8 Å². The van der Waals surface area contributed by atoms with Gasteiger partial charge in [0.1, 0.15) is 0 Å². The van der Waals surface area contributed by atoms with E-state index in [4.69, 9.17) is 14.2 Å². The summed E-state index contributed by atoms with van der Waals surface area (Å²) in [5, 5.41) is 8.58. The van der Waals surface area contributed by atoms with Crippen molar-refractivity contribution in [2.45, 2.75) is 90.9 Å². The van der Waals surface area contributed by atoms with Crippen LogP contribution in [-0.4, -0.2) is 35.8 Å². The molecule has 0 rings (SSSR count). The summed E-state index contributed by atoms with van der Waals surface area (Å²) in [4.78, 5) is 24.6.